The number of carbonyl (C=O) groups excluding carboxylic acids is 1. The number of nitrogens with zero attached hydrogens (tertiary/aromatic N) is 1. The van der Waals surface area contributed by atoms with Gasteiger partial charge in [-0.25, -0.2) is 4.98 Å². The number of rotatable bonds is 7. The summed E-state index contributed by atoms with van der Waals surface area (Å²) in [6, 6.07) is 14.5. The summed E-state index contributed by atoms with van der Waals surface area (Å²) in [7, 11) is 1.59. The molecule has 0 saturated carbocycles. The van der Waals surface area contributed by atoms with E-state index in [9.17, 15) is 4.79 Å². The van der Waals surface area contributed by atoms with Crippen molar-refractivity contribution in [2.24, 2.45) is 0 Å². The van der Waals surface area contributed by atoms with E-state index in [-0.39, 0.29) is 5.91 Å². The summed E-state index contributed by atoms with van der Waals surface area (Å²) in [5.41, 5.74) is 2.36. The van der Waals surface area contributed by atoms with Crippen LogP contribution in [0.25, 0.3) is 11.5 Å². The number of methoxy groups -OCH3 is 1. The highest BCUT2D eigenvalue weighted by Gasteiger charge is 2.09. The molecular formula is C19H17ClN2O3S. The van der Waals surface area contributed by atoms with Gasteiger partial charge in [0.2, 0.25) is 11.8 Å². The number of hydrogen-bond acceptors (Lipinski definition) is 5. The lowest BCUT2D eigenvalue weighted by atomic mass is 10.2. The fraction of sp³-hybridized carbons (Fsp3) is 0.158. The molecule has 134 valence electrons. The molecule has 0 atom stereocenters. The second kappa shape index (κ2) is 8.78. The number of benzene rings is 2. The first-order valence-corrected chi connectivity index (χ1v) is 9.39. The van der Waals surface area contributed by atoms with E-state index in [1.165, 1.54) is 11.8 Å². The van der Waals surface area contributed by atoms with E-state index in [1.807, 2.05) is 30.3 Å². The molecule has 7 heteroatoms. The Morgan fingerprint density at radius 2 is 2.08 bits per heavy atom. The van der Waals surface area contributed by atoms with Crippen LogP contribution in [0.5, 0.6) is 5.75 Å². The quantitative estimate of drug-likeness (QED) is 0.625. The van der Waals surface area contributed by atoms with Crippen molar-refractivity contribution in [2.75, 3.05) is 18.2 Å². The van der Waals surface area contributed by atoms with E-state index in [0.717, 1.165) is 11.3 Å². The number of anilines is 1. The average Bonchev–Trinajstić information content (AvgIpc) is 3.11. The zero-order valence-corrected chi connectivity index (χ0v) is 15.6. The number of oxazole rings is 1. The summed E-state index contributed by atoms with van der Waals surface area (Å²) in [5, 5.41) is 3.51. The molecule has 0 saturated heterocycles. The maximum Gasteiger partial charge on any atom is 0.234 e. The van der Waals surface area contributed by atoms with Gasteiger partial charge in [0.05, 0.1) is 18.6 Å². The van der Waals surface area contributed by atoms with Crippen molar-refractivity contribution in [1.29, 1.82) is 0 Å². The number of hydrogen-bond donors (Lipinski definition) is 1. The van der Waals surface area contributed by atoms with Gasteiger partial charge in [0.15, 0.2) is 0 Å². The van der Waals surface area contributed by atoms with Crippen LogP contribution in [0.2, 0.25) is 5.02 Å². The van der Waals surface area contributed by atoms with Crippen molar-refractivity contribution >= 4 is 35.0 Å². The number of amides is 1. The molecule has 5 nitrogen and oxygen atoms in total. The van der Waals surface area contributed by atoms with Crippen LogP contribution in [-0.4, -0.2) is 23.8 Å². The summed E-state index contributed by atoms with van der Waals surface area (Å²) >= 11 is 7.35. The van der Waals surface area contributed by atoms with Crippen LogP contribution in [0.3, 0.4) is 0 Å². The highest BCUT2D eigenvalue weighted by atomic mass is 35.5. The van der Waals surface area contributed by atoms with Crippen molar-refractivity contribution in [1.82, 2.24) is 4.98 Å². The minimum absolute atomic E-state index is 0.0790. The third-order valence-corrected chi connectivity index (χ3v) is 4.70. The first-order valence-electron chi connectivity index (χ1n) is 7.86. The summed E-state index contributed by atoms with van der Waals surface area (Å²) in [4.78, 5) is 16.5. The predicted molar refractivity (Wildman–Crippen MR) is 105 cm³/mol. The second-order valence-corrected chi connectivity index (χ2v) is 6.85. The van der Waals surface area contributed by atoms with Gasteiger partial charge in [-0.05, 0) is 36.4 Å². The number of aromatic nitrogens is 1. The van der Waals surface area contributed by atoms with Crippen LogP contribution in [0, 0.1) is 0 Å². The predicted octanol–water partition coefficient (Wildman–Crippen LogP) is 4.88. The lowest BCUT2D eigenvalue weighted by Gasteiger charge is -2.06. The number of nitrogens with one attached hydrogen (secondary N) is 1. The fourth-order valence-electron chi connectivity index (χ4n) is 2.24. The standard InChI is InChI=1S/C19H17ClN2O3S/c1-24-17-4-2-3-15(9-17)21-18(23)12-26-11-16-10-25-19(22-16)13-5-7-14(20)8-6-13/h2-10H,11-12H2,1H3,(H,21,23). The zero-order valence-electron chi connectivity index (χ0n) is 14.1. The molecular weight excluding hydrogens is 372 g/mol. The smallest absolute Gasteiger partial charge is 0.234 e. The van der Waals surface area contributed by atoms with E-state index >= 15 is 0 Å². The Hall–Kier alpha value is -2.44. The summed E-state index contributed by atoms with van der Waals surface area (Å²) in [6.45, 7) is 0. The van der Waals surface area contributed by atoms with Crippen molar-refractivity contribution < 1.29 is 13.9 Å². The summed E-state index contributed by atoms with van der Waals surface area (Å²) in [6.07, 6.45) is 1.61. The van der Waals surface area contributed by atoms with Gasteiger partial charge in [0.1, 0.15) is 12.0 Å². The van der Waals surface area contributed by atoms with E-state index in [2.05, 4.69) is 10.3 Å². The molecule has 1 N–H and O–H groups in total. The second-order valence-electron chi connectivity index (χ2n) is 5.42. The highest BCUT2D eigenvalue weighted by Crippen LogP contribution is 2.23. The Kier molecular flexibility index (Phi) is 6.20. The van der Waals surface area contributed by atoms with Crippen LogP contribution in [0.1, 0.15) is 5.69 Å². The van der Waals surface area contributed by atoms with Gasteiger partial charge in [-0.3, -0.25) is 4.79 Å². The minimum atomic E-state index is -0.0790. The molecule has 0 unspecified atom stereocenters. The number of halogens is 1. The first-order chi connectivity index (χ1) is 12.6. The molecule has 0 aliphatic rings. The molecule has 26 heavy (non-hydrogen) atoms. The molecule has 1 aromatic heterocycles. The molecule has 3 rings (SSSR count). The Labute approximate surface area is 160 Å². The molecule has 0 aliphatic carbocycles. The van der Waals surface area contributed by atoms with Crippen molar-refractivity contribution in [2.45, 2.75) is 5.75 Å². The van der Waals surface area contributed by atoms with Gasteiger partial charge in [-0.15, -0.1) is 11.8 Å². The lowest BCUT2D eigenvalue weighted by molar-refractivity contribution is -0.113. The largest absolute Gasteiger partial charge is 0.497 e. The van der Waals surface area contributed by atoms with E-state index in [4.69, 9.17) is 20.8 Å². The molecule has 0 aliphatic heterocycles. The summed E-state index contributed by atoms with van der Waals surface area (Å²) < 4.78 is 10.6. The zero-order chi connectivity index (χ0) is 18.4. The van der Waals surface area contributed by atoms with E-state index in [1.54, 1.807) is 31.6 Å². The van der Waals surface area contributed by atoms with Gasteiger partial charge < -0.3 is 14.5 Å². The Morgan fingerprint density at radius 1 is 1.27 bits per heavy atom. The Balaban J connectivity index is 1.48. The highest BCUT2D eigenvalue weighted by molar-refractivity contribution is 7.99. The van der Waals surface area contributed by atoms with Crippen LogP contribution >= 0.6 is 23.4 Å². The van der Waals surface area contributed by atoms with Gasteiger partial charge in [0, 0.05) is 28.1 Å². The Bertz CT molecular complexity index is 881. The van der Waals surface area contributed by atoms with E-state index in [0.29, 0.717) is 33.9 Å². The van der Waals surface area contributed by atoms with E-state index < -0.39 is 0 Å². The Morgan fingerprint density at radius 3 is 2.85 bits per heavy atom. The molecule has 1 amide bonds. The first kappa shape index (κ1) is 18.4. The SMILES string of the molecule is COc1cccc(NC(=O)CSCc2coc(-c3ccc(Cl)cc3)n2)c1. The van der Waals surface area contributed by atoms with Crippen LogP contribution in [0.15, 0.2) is 59.2 Å². The molecule has 0 radical (unpaired) electrons. The van der Waals surface area contributed by atoms with Gasteiger partial charge in [0.25, 0.3) is 0 Å². The maximum atomic E-state index is 12.0. The third kappa shape index (κ3) is 5.03. The average molecular weight is 389 g/mol. The normalized spacial score (nSPS) is 10.5. The molecule has 2 aromatic carbocycles. The number of ether oxygens (including phenoxy) is 1. The van der Waals surface area contributed by atoms with Crippen molar-refractivity contribution in [3.63, 3.8) is 0 Å². The van der Waals surface area contributed by atoms with Gasteiger partial charge >= 0.3 is 0 Å². The van der Waals surface area contributed by atoms with Crippen molar-refractivity contribution in [3.8, 4) is 17.2 Å². The van der Waals surface area contributed by atoms with Gasteiger partial charge in [-0.1, -0.05) is 17.7 Å². The van der Waals surface area contributed by atoms with Crippen molar-refractivity contribution in [3.05, 3.63) is 65.5 Å². The topological polar surface area (TPSA) is 64.4 Å². The molecule has 0 bridgehead atoms. The van der Waals surface area contributed by atoms with Crippen LogP contribution in [-0.2, 0) is 10.5 Å². The molecule has 3 aromatic rings. The molecule has 1 heterocycles. The monoisotopic (exact) mass is 388 g/mol. The lowest BCUT2D eigenvalue weighted by Crippen LogP contribution is -2.14. The summed E-state index contributed by atoms with van der Waals surface area (Å²) in [5.74, 6) is 2.07. The van der Waals surface area contributed by atoms with Crippen LogP contribution in [0.4, 0.5) is 5.69 Å². The van der Waals surface area contributed by atoms with Crippen LogP contribution < -0.4 is 10.1 Å². The molecule has 0 spiro atoms. The maximum absolute atomic E-state index is 12.0. The third-order valence-electron chi connectivity index (χ3n) is 3.48. The number of thioether (sulfide) groups is 1. The molecule has 0 fully saturated rings. The number of carbonyl (C=O) groups is 1. The van der Waals surface area contributed by atoms with Gasteiger partial charge in [-0.2, -0.15) is 0 Å². The minimum Gasteiger partial charge on any atom is -0.497 e. The fourth-order valence-corrected chi connectivity index (χ4v) is 3.07.